The lowest BCUT2D eigenvalue weighted by molar-refractivity contribution is 0.0605. The van der Waals surface area contributed by atoms with Gasteiger partial charge in [0.1, 0.15) is 5.82 Å². The third-order valence-corrected chi connectivity index (χ3v) is 7.71. The highest BCUT2D eigenvalue weighted by Gasteiger charge is 2.32. The van der Waals surface area contributed by atoms with Gasteiger partial charge in [-0.3, -0.25) is 4.79 Å². The van der Waals surface area contributed by atoms with Crippen LogP contribution in [0.2, 0.25) is 0 Å². The predicted molar refractivity (Wildman–Crippen MR) is 134 cm³/mol. The highest BCUT2D eigenvalue weighted by atomic mass is 16.2. The van der Waals surface area contributed by atoms with E-state index in [0.29, 0.717) is 0 Å². The van der Waals surface area contributed by atoms with Gasteiger partial charge in [-0.1, -0.05) is 6.07 Å². The molecule has 2 N–H and O–H groups in total. The van der Waals surface area contributed by atoms with Crippen LogP contribution in [0.4, 0.5) is 11.5 Å². The van der Waals surface area contributed by atoms with Gasteiger partial charge in [-0.2, -0.15) is 5.10 Å². The second-order valence-corrected chi connectivity index (χ2v) is 10.1. The van der Waals surface area contributed by atoms with Crippen LogP contribution in [-0.4, -0.2) is 64.7 Å². The van der Waals surface area contributed by atoms with Crippen molar-refractivity contribution in [3.8, 4) is 0 Å². The smallest absolute Gasteiger partial charge is 0.254 e. The average molecular weight is 460 g/mol. The second-order valence-electron chi connectivity index (χ2n) is 10.1. The Morgan fingerprint density at radius 2 is 2.00 bits per heavy atom. The number of nitrogens with two attached hydrogens (primary N) is 1. The average Bonchev–Trinajstić information content (AvgIpc) is 3.56. The zero-order valence-corrected chi connectivity index (χ0v) is 20.1. The number of fused-ring (bicyclic) bond motifs is 2. The van der Waals surface area contributed by atoms with Crippen LogP contribution in [0, 0.1) is 6.92 Å². The van der Waals surface area contributed by atoms with Gasteiger partial charge in [0, 0.05) is 68.3 Å². The van der Waals surface area contributed by atoms with Gasteiger partial charge in [-0.05, 0) is 56.7 Å². The van der Waals surface area contributed by atoms with Crippen LogP contribution in [0.25, 0.3) is 5.65 Å². The van der Waals surface area contributed by atoms with E-state index in [9.17, 15) is 4.79 Å². The summed E-state index contributed by atoms with van der Waals surface area (Å²) < 4.78 is 1.87. The third-order valence-electron chi connectivity index (χ3n) is 7.71. The molecule has 2 saturated heterocycles. The van der Waals surface area contributed by atoms with Crippen LogP contribution in [0.15, 0.2) is 30.5 Å². The normalized spacial score (nSPS) is 22.6. The number of nitrogens with zero attached hydrogens (tertiary/aromatic N) is 6. The van der Waals surface area contributed by atoms with Crippen molar-refractivity contribution >= 4 is 23.1 Å². The maximum Gasteiger partial charge on any atom is 0.254 e. The molecule has 3 aliphatic rings. The molecule has 0 bridgehead atoms. The minimum Gasteiger partial charge on any atom is -0.374 e. The number of hydrogen-bond donors (Lipinski definition) is 1. The topological polar surface area (TPSA) is 83.0 Å². The molecule has 3 aliphatic heterocycles. The van der Waals surface area contributed by atoms with Gasteiger partial charge in [0.05, 0.1) is 11.7 Å². The molecule has 8 nitrogen and oxygen atoms in total. The molecule has 2 fully saturated rings. The van der Waals surface area contributed by atoms with E-state index in [2.05, 4.69) is 48.2 Å². The number of aryl methyl sites for hydroxylation is 1. The molecule has 1 amide bonds. The quantitative estimate of drug-likeness (QED) is 0.649. The van der Waals surface area contributed by atoms with Crippen LogP contribution in [0.1, 0.15) is 58.9 Å². The molecular weight excluding hydrogens is 426 g/mol. The van der Waals surface area contributed by atoms with E-state index in [1.54, 1.807) is 0 Å². The molecule has 6 rings (SSSR count). The minimum absolute atomic E-state index is 0.0297. The van der Waals surface area contributed by atoms with Crippen LogP contribution < -0.4 is 15.5 Å². The van der Waals surface area contributed by atoms with Crippen molar-refractivity contribution in [3.63, 3.8) is 0 Å². The molecule has 5 heterocycles. The number of amides is 1. The van der Waals surface area contributed by atoms with Gasteiger partial charge in [0.15, 0.2) is 5.65 Å². The molecule has 1 aromatic carbocycles. The Morgan fingerprint density at radius 1 is 1.12 bits per heavy atom. The molecular formula is C26H33N7O. The van der Waals surface area contributed by atoms with Crippen molar-refractivity contribution in [1.29, 1.82) is 0 Å². The first kappa shape index (κ1) is 21.4. The lowest BCUT2D eigenvalue weighted by Gasteiger charge is -2.35. The Bertz CT molecular complexity index is 1250. The zero-order valence-electron chi connectivity index (χ0n) is 20.1. The van der Waals surface area contributed by atoms with Crippen molar-refractivity contribution in [1.82, 2.24) is 19.5 Å². The van der Waals surface area contributed by atoms with Crippen LogP contribution in [-0.2, 0) is 6.42 Å². The Labute approximate surface area is 200 Å². The maximum atomic E-state index is 13.7. The van der Waals surface area contributed by atoms with Crippen molar-refractivity contribution in [2.45, 2.75) is 51.1 Å². The van der Waals surface area contributed by atoms with E-state index < -0.39 is 0 Å². The summed E-state index contributed by atoms with van der Waals surface area (Å²) in [5.41, 5.74) is 12.2. The molecule has 0 unspecified atom stereocenters. The lowest BCUT2D eigenvalue weighted by Crippen LogP contribution is -2.38. The van der Waals surface area contributed by atoms with Gasteiger partial charge >= 0.3 is 0 Å². The zero-order chi connectivity index (χ0) is 23.4. The van der Waals surface area contributed by atoms with Crippen molar-refractivity contribution < 1.29 is 4.79 Å². The summed E-state index contributed by atoms with van der Waals surface area (Å²) in [5.74, 6) is 1.09. The number of likely N-dealkylation sites (tertiary alicyclic amines) is 1. The van der Waals surface area contributed by atoms with Crippen molar-refractivity contribution in [2.24, 2.45) is 5.73 Å². The molecule has 0 saturated carbocycles. The van der Waals surface area contributed by atoms with Gasteiger partial charge in [0.25, 0.3) is 5.91 Å². The molecule has 2 aromatic heterocycles. The van der Waals surface area contributed by atoms with E-state index in [-0.39, 0.29) is 18.0 Å². The Kier molecular flexibility index (Phi) is 5.21. The van der Waals surface area contributed by atoms with E-state index >= 15 is 0 Å². The summed E-state index contributed by atoms with van der Waals surface area (Å²) >= 11 is 0. The molecule has 3 aromatic rings. The summed E-state index contributed by atoms with van der Waals surface area (Å²) in [6.07, 6.45) is 7.14. The number of carbonyl (C=O) groups is 1. The van der Waals surface area contributed by atoms with E-state index in [1.165, 1.54) is 11.3 Å². The fourth-order valence-corrected chi connectivity index (χ4v) is 5.80. The third kappa shape index (κ3) is 3.60. The fraction of sp³-hybridized carbons (Fsp3) is 0.500. The first-order chi connectivity index (χ1) is 16.5. The van der Waals surface area contributed by atoms with Crippen LogP contribution in [0.3, 0.4) is 0 Å². The maximum absolute atomic E-state index is 13.7. The molecule has 178 valence electrons. The number of benzene rings is 1. The fourth-order valence-electron chi connectivity index (χ4n) is 5.80. The summed E-state index contributed by atoms with van der Waals surface area (Å²) in [6, 6.07) is 8.42. The van der Waals surface area contributed by atoms with Crippen molar-refractivity contribution in [3.05, 3.63) is 52.8 Å². The molecule has 8 heteroatoms. The SMILES string of the molecule is Cc1cn2nc([C@@H]3CCCCN3C(=O)c3ccc4c(c3)N(C)CC4)cc2nc1N1CC[C@H](N)C1. The number of piperidine rings is 1. The second kappa shape index (κ2) is 8.27. The van der Waals surface area contributed by atoms with E-state index in [4.69, 9.17) is 15.8 Å². The van der Waals surface area contributed by atoms with Gasteiger partial charge in [-0.15, -0.1) is 0 Å². The number of aromatic nitrogens is 3. The highest BCUT2D eigenvalue weighted by molar-refractivity contribution is 5.96. The first-order valence-electron chi connectivity index (χ1n) is 12.5. The summed E-state index contributed by atoms with van der Waals surface area (Å²) in [6.45, 7) is 5.62. The number of hydrogen-bond acceptors (Lipinski definition) is 6. The number of carbonyl (C=O) groups excluding carboxylic acids is 1. The highest BCUT2D eigenvalue weighted by Crippen LogP contribution is 2.34. The largest absolute Gasteiger partial charge is 0.374 e. The van der Waals surface area contributed by atoms with Crippen LogP contribution >= 0.6 is 0 Å². The monoisotopic (exact) mass is 459 g/mol. The summed E-state index contributed by atoms with van der Waals surface area (Å²) in [7, 11) is 2.10. The van der Waals surface area contributed by atoms with Crippen molar-refractivity contribution in [2.75, 3.05) is 43.0 Å². The molecule has 0 radical (unpaired) electrons. The molecule has 0 spiro atoms. The number of anilines is 2. The van der Waals surface area contributed by atoms with Gasteiger partial charge in [-0.25, -0.2) is 9.50 Å². The Morgan fingerprint density at radius 3 is 2.82 bits per heavy atom. The minimum atomic E-state index is -0.0297. The first-order valence-corrected chi connectivity index (χ1v) is 12.5. The molecule has 34 heavy (non-hydrogen) atoms. The number of rotatable bonds is 3. The van der Waals surface area contributed by atoms with Crippen LogP contribution in [0.5, 0.6) is 0 Å². The standard InChI is InChI=1S/C26H33N7O/c1-17-15-33-24(28-25(17)31-12-9-20(27)16-31)14-21(29-33)22-5-3-4-10-32(22)26(34)19-7-6-18-8-11-30(2)23(18)13-19/h6-7,13-15,20,22H,3-5,8-12,16,27H2,1-2H3/t20-,22-/m0/s1. The Hall–Kier alpha value is -3.13. The summed E-state index contributed by atoms with van der Waals surface area (Å²) in [5, 5.41) is 4.88. The predicted octanol–water partition coefficient (Wildman–Crippen LogP) is 2.93. The van der Waals surface area contributed by atoms with Gasteiger partial charge in [0.2, 0.25) is 0 Å². The number of likely N-dealkylation sites (N-methyl/N-ethyl adjacent to an activating group) is 1. The molecule has 2 atom stereocenters. The Balaban J connectivity index is 1.31. The lowest BCUT2D eigenvalue weighted by atomic mass is 9.97. The van der Waals surface area contributed by atoms with E-state index in [1.807, 2.05) is 15.5 Å². The van der Waals surface area contributed by atoms with E-state index in [0.717, 1.165) is 86.6 Å². The van der Waals surface area contributed by atoms with Gasteiger partial charge < -0.3 is 20.4 Å². The summed E-state index contributed by atoms with van der Waals surface area (Å²) in [4.78, 5) is 25.1. The molecule has 0 aliphatic carbocycles.